The maximum absolute atomic E-state index is 11.7. The molecule has 0 amide bonds. The number of esters is 1. The highest BCUT2D eigenvalue weighted by atomic mass is 127. The van der Waals surface area contributed by atoms with E-state index in [4.69, 9.17) is 4.74 Å². The topological polar surface area (TPSA) is 30.2 Å². The highest BCUT2D eigenvalue weighted by molar-refractivity contribution is 5.90. The van der Waals surface area contributed by atoms with Crippen LogP contribution in [0.15, 0.2) is 54.9 Å². The number of aromatic nitrogens is 1. The lowest BCUT2D eigenvalue weighted by molar-refractivity contribution is -0.671. The third-order valence-electron chi connectivity index (χ3n) is 2.17. The highest BCUT2D eigenvalue weighted by Gasteiger charge is 2.07. The first-order chi connectivity index (χ1) is 7.75. The molecule has 4 heteroatoms. The van der Waals surface area contributed by atoms with Gasteiger partial charge in [-0.2, -0.15) is 0 Å². The lowest BCUT2D eigenvalue weighted by atomic mass is 10.2. The van der Waals surface area contributed by atoms with Gasteiger partial charge in [0.1, 0.15) is 12.8 Å². The van der Waals surface area contributed by atoms with Gasteiger partial charge in [-0.25, -0.2) is 9.36 Å². The van der Waals surface area contributed by atoms with E-state index in [0.717, 1.165) is 0 Å². The number of pyridine rings is 1. The van der Waals surface area contributed by atoms with E-state index in [1.807, 2.05) is 42.2 Å². The Bertz CT molecular complexity index is 483. The fourth-order valence-corrected chi connectivity index (χ4v) is 1.30. The van der Waals surface area contributed by atoms with E-state index >= 15 is 0 Å². The first-order valence-electron chi connectivity index (χ1n) is 4.98. The van der Waals surface area contributed by atoms with Crippen molar-refractivity contribution in [3.8, 4) is 5.75 Å². The third-order valence-corrected chi connectivity index (χ3v) is 2.17. The normalized spacial score (nSPS) is 9.24. The minimum Gasteiger partial charge on any atom is -1.00 e. The van der Waals surface area contributed by atoms with Crippen LogP contribution < -0.4 is 33.3 Å². The van der Waals surface area contributed by atoms with E-state index in [0.29, 0.717) is 11.3 Å². The number of aryl methyl sites for hydroxylation is 1. The number of carbonyl (C=O) groups is 1. The molecular weight excluding hydrogens is 329 g/mol. The fraction of sp³-hybridized carbons (Fsp3) is 0.0769. The summed E-state index contributed by atoms with van der Waals surface area (Å²) in [6.07, 6.45) is 3.65. The van der Waals surface area contributed by atoms with Crippen molar-refractivity contribution >= 4 is 5.97 Å². The van der Waals surface area contributed by atoms with Gasteiger partial charge in [-0.05, 0) is 12.1 Å². The summed E-state index contributed by atoms with van der Waals surface area (Å²) in [5, 5.41) is 0. The molecule has 1 heterocycles. The molecule has 0 aliphatic heterocycles. The summed E-state index contributed by atoms with van der Waals surface area (Å²) < 4.78 is 7.08. The van der Waals surface area contributed by atoms with Crippen molar-refractivity contribution in [2.75, 3.05) is 0 Å². The summed E-state index contributed by atoms with van der Waals surface area (Å²) >= 11 is 0. The third kappa shape index (κ3) is 3.81. The largest absolute Gasteiger partial charge is 1.00 e. The molecule has 0 atom stereocenters. The molecule has 0 spiro atoms. The van der Waals surface area contributed by atoms with E-state index in [9.17, 15) is 4.79 Å². The predicted octanol–water partition coefficient (Wildman–Crippen LogP) is -1.27. The van der Waals surface area contributed by atoms with Crippen LogP contribution in [0.5, 0.6) is 5.75 Å². The van der Waals surface area contributed by atoms with Crippen molar-refractivity contribution in [3.63, 3.8) is 0 Å². The van der Waals surface area contributed by atoms with Crippen LogP contribution >= 0.6 is 0 Å². The summed E-state index contributed by atoms with van der Waals surface area (Å²) in [6.45, 7) is 0. The van der Waals surface area contributed by atoms with Crippen molar-refractivity contribution in [2.45, 2.75) is 0 Å². The summed E-state index contributed by atoms with van der Waals surface area (Å²) in [6, 6.07) is 12.4. The van der Waals surface area contributed by atoms with Crippen LogP contribution in [0.4, 0.5) is 0 Å². The Morgan fingerprint density at radius 2 is 1.65 bits per heavy atom. The lowest BCUT2D eigenvalue weighted by Gasteiger charge is -2.02. The van der Waals surface area contributed by atoms with Crippen LogP contribution in [0, 0.1) is 0 Å². The maximum atomic E-state index is 11.7. The molecule has 0 unspecified atom stereocenters. The van der Waals surface area contributed by atoms with Crippen molar-refractivity contribution in [1.82, 2.24) is 0 Å². The quantitative estimate of drug-likeness (QED) is 0.388. The molecule has 0 fully saturated rings. The summed E-state index contributed by atoms with van der Waals surface area (Å²) in [7, 11) is 1.91. The van der Waals surface area contributed by atoms with Gasteiger partial charge in [0.25, 0.3) is 0 Å². The first-order valence-corrected chi connectivity index (χ1v) is 4.98. The lowest BCUT2D eigenvalue weighted by Crippen LogP contribution is -3.00. The molecule has 17 heavy (non-hydrogen) atoms. The van der Waals surface area contributed by atoms with Gasteiger partial charge in [0.2, 0.25) is 0 Å². The molecule has 0 radical (unpaired) electrons. The van der Waals surface area contributed by atoms with E-state index in [-0.39, 0.29) is 29.9 Å². The first kappa shape index (κ1) is 13.6. The van der Waals surface area contributed by atoms with Gasteiger partial charge < -0.3 is 28.7 Å². The Kier molecular flexibility index (Phi) is 5.09. The minimum absolute atomic E-state index is 0. The van der Waals surface area contributed by atoms with Crippen LogP contribution in [-0.2, 0) is 7.05 Å². The number of hydrogen-bond donors (Lipinski definition) is 0. The molecule has 1 aromatic carbocycles. The fourth-order valence-electron chi connectivity index (χ4n) is 1.30. The molecule has 0 aliphatic carbocycles. The molecule has 0 N–H and O–H groups in total. The second-order valence-corrected chi connectivity index (χ2v) is 3.45. The van der Waals surface area contributed by atoms with Gasteiger partial charge in [0, 0.05) is 12.1 Å². The molecule has 2 rings (SSSR count). The SMILES string of the molecule is C[n+]1ccc(OC(=O)c2ccccc2)cc1.[I-]. The molecule has 2 aromatic rings. The summed E-state index contributed by atoms with van der Waals surface area (Å²) in [5.41, 5.74) is 0.552. The molecule has 1 aromatic heterocycles. The average molecular weight is 341 g/mol. The Balaban J connectivity index is 0.00000144. The number of nitrogens with zero attached hydrogens (tertiary/aromatic N) is 1. The van der Waals surface area contributed by atoms with E-state index in [2.05, 4.69) is 0 Å². The zero-order valence-electron chi connectivity index (χ0n) is 9.34. The van der Waals surface area contributed by atoms with Gasteiger partial charge in [0.15, 0.2) is 12.4 Å². The zero-order chi connectivity index (χ0) is 11.4. The van der Waals surface area contributed by atoms with Gasteiger partial charge >= 0.3 is 5.97 Å². The molecule has 0 saturated heterocycles. The van der Waals surface area contributed by atoms with Gasteiger partial charge in [-0.1, -0.05) is 18.2 Å². The van der Waals surface area contributed by atoms with Crippen molar-refractivity contribution in [2.24, 2.45) is 7.05 Å². The van der Waals surface area contributed by atoms with Crippen molar-refractivity contribution in [1.29, 1.82) is 0 Å². The molecule has 0 bridgehead atoms. The molecule has 88 valence electrons. The molecule has 0 aliphatic rings. The number of carbonyl (C=O) groups excluding carboxylic acids is 1. The summed E-state index contributed by atoms with van der Waals surface area (Å²) in [4.78, 5) is 11.7. The summed E-state index contributed by atoms with van der Waals surface area (Å²) in [5.74, 6) is 0.210. The number of hydrogen-bond acceptors (Lipinski definition) is 2. The van der Waals surface area contributed by atoms with Crippen LogP contribution in [0.25, 0.3) is 0 Å². The molecule has 0 saturated carbocycles. The molecule has 3 nitrogen and oxygen atoms in total. The Morgan fingerprint density at radius 1 is 1.06 bits per heavy atom. The van der Waals surface area contributed by atoms with Crippen molar-refractivity contribution in [3.05, 3.63) is 60.4 Å². The second-order valence-electron chi connectivity index (χ2n) is 3.45. The number of rotatable bonds is 2. The van der Waals surface area contributed by atoms with Crippen LogP contribution in [0.2, 0.25) is 0 Å². The number of ether oxygens (including phenoxy) is 1. The predicted molar refractivity (Wildman–Crippen MR) is 59.0 cm³/mol. The van der Waals surface area contributed by atoms with Gasteiger partial charge in [-0.15, -0.1) is 0 Å². The van der Waals surface area contributed by atoms with E-state index in [1.165, 1.54) is 0 Å². The average Bonchev–Trinajstić information content (AvgIpc) is 2.33. The Labute approximate surface area is 117 Å². The minimum atomic E-state index is -0.338. The second kappa shape index (κ2) is 6.34. The number of halogens is 1. The van der Waals surface area contributed by atoms with Crippen LogP contribution in [0.1, 0.15) is 10.4 Å². The van der Waals surface area contributed by atoms with Crippen molar-refractivity contribution < 1.29 is 38.1 Å². The maximum Gasteiger partial charge on any atom is 0.343 e. The van der Waals surface area contributed by atoms with E-state index < -0.39 is 0 Å². The molecular formula is C13H12INO2. The highest BCUT2D eigenvalue weighted by Crippen LogP contribution is 2.09. The van der Waals surface area contributed by atoms with Gasteiger partial charge in [0.05, 0.1) is 5.56 Å². The van der Waals surface area contributed by atoms with E-state index in [1.54, 1.807) is 24.3 Å². The Hall–Kier alpha value is -1.43. The standard InChI is InChI=1S/C13H12NO2.HI/c1-14-9-7-12(8-10-14)16-13(15)11-5-3-2-4-6-11;/h2-10H,1H3;1H/q+1;/p-1. The van der Waals surface area contributed by atoms with Crippen LogP contribution in [0.3, 0.4) is 0 Å². The van der Waals surface area contributed by atoms with Crippen LogP contribution in [-0.4, -0.2) is 5.97 Å². The zero-order valence-corrected chi connectivity index (χ0v) is 11.5. The monoisotopic (exact) mass is 341 g/mol. The number of benzene rings is 1. The Morgan fingerprint density at radius 3 is 2.24 bits per heavy atom. The smallest absolute Gasteiger partial charge is 0.343 e. The van der Waals surface area contributed by atoms with Gasteiger partial charge in [-0.3, -0.25) is 0 Å².